The number of imide groups is 1. The summed E-state index contributed by atoms with van der Waals surface area (Å²) in [7, 11) is 0. The molecule has 1 saturated heterocycles. The topological polar surface area (TPSA) is 46.2 Å². The summed E-state index contributed by atoms with van der Waals surface area (Å²) < 4.78 is 6.93. The van der Waals surface area contributed by atoms with E-state index in [-0.39, 0.29) is 29.6 Å². The number of carbonyl (C=O) groups is 2. The zero-order valence-electron chi connectivity index (χ0n) is 6.00. The highest BCUT2D eigenvalue weighted by Crippen LogP contribution is 2.49. The number of amides is 2. The summed E-state index contributed by atoms with van der Waals surface area (Å²) in [5.41, 5.74) is 0. The molecule has 1 saturated carbocycles. The molecule has 0 aromatic carbocycles. The summed E-state index contributed by atoms with van der Waals surface area (Å²) in [5.74, 6) is -0.735. The third-order valence-electron chi connectivity index (χ3n) is 2.17. The van der Waals surface area contributed by atoms with Crippen LogP contribution >= 0.6 is 0 Å². The van der Waals surface area contributed by atoms with Crippen LogP contribution in [0.3, 0.4) is 0 Å². The molecule has 3 atom stereocenters. The Kier molecular flexibility index (Phi) is 0.527. The van der Waals surface area contributed by atoms with Crippen molar-refractivity contribution in [2.24, 2.45) is 17.8 Å². The molecule has 48 valence electrons. The lowest BCUT2D eigenvalue weighted by Crippen LogP contribution is -2.26. The van der Waals surface area contributed by atoms with Crippen molar-refractivity contribution in [2.75, 3.05) is 0 Å². The fourth-order valence-corrected chi connectivity index (χ4v) is 1.48. The molecule has 1 aliphatic heterocycles. The molecule has 0 spiro atoms. The maximum absolute atomic E-state index is 10.9. The van der Waals surface area contributed by atoms with Crippen LogP contribution in [0.5, 0.6) is 0 Å². The van der Waals surface area contributed by atoms with E-state index in [1.54, 1.807) is 0 Å². The minimum absolute atomic E-state index is 0.148. The molecule has 3 nitrogen and oxygen atoms in total. The van der Waals surface area contributed by atoms with Crippen LogP contribution in [0.15, 0.2) is 0 Å². The normalized spacial score (nSPS) is 49.2. The Morgan fingerprint density at radius 1 is 1.44 bits per heavy atom. The quantitative estimate of drug-likeness (QED) is 0.446. The molecule has 0 aromatic rings. The second kappa shape index (κ2) is 1.17. The van der Waals surface area contributed by atoms with Crippen molar-refractivity contribution in [3.8, 4) is 0 Å². The maximum atomic E-state index is 10.9. The van der Waals surface area contributed by atoms with E-state index in [9.17, 15) is 9.59 Å². The summed E-state index contributed by atoms with van der Waals surface area (Å²) in [6, 6.07) is 0. The fourth-order valence-electron chi connectivity index (χ4n) is 1.48. The predicted octanol–water partition coefficient (Wildman–Crippen LogP) is -0.475. The molecule has 0 aromatic heterocycles. The van der Waals surface area contributed by atoms with Crippen molar-refractivity contribution >= 4 is 11.8 Å². The Bertz CT molecular complexity index is 206. The number of hydrogen-bond donors (Lipinski definition) is 1. The van der Waals surface area contributed by atoms with E-state index in [0.717, 1.165) is 0 Å². The van der Waals surface area contributed by atoms with Crippen molar-refractivity contribution in [3.05, 3.63) is 0 Å². The van der Waals surface area contributed by atoms with Gasteiger partial charge < -0.3 is 0 Å². The lowest BCUT2D eigenvalue weighted by molar-refractivity contribution is -0.127. The summed E-state index contributed by atoms with van der Waals surface area (Å²) >= 11 is 0. The molecule has 1 heterocycles. The standard InChI is InChI=1S/C6H7NO2/c1-2-3-4(2)6(9)7-5(3)8/h2-4H,1H3,(H,7,8,9)/t2-,3-,4+/i/hD. The third kappa shape index (κ3) is 0.422. The fraction of sp³-hybridized carbons (Fsp3) is 0.667. The van der Waals surface area contributed by atoms with Crippen LogP contribution < -0.4 is 5.31 Å². The minimum Gasteiger partial charge on any atom is -0.296 e. The molecule has 1 N–H and O–H groups in total. The first-order chi connectivity index (χ1) is 4.64. The van der Waals surface area contributed by atoms with Crippen LogP contribution in [0, 0.1) is 17.8 Å². The second-order valence-electron chi connectivity index (χ2n) is 2.70. The lowest BCUT2D eigenvalue weighted by Gasteiger charge is -1.94. The SMILES string of the molecule is [2H]N1C(=O)[C@@H]2[C@@H](C)[C@@H]2C1=O. The first kappa shape index (κ1) is 4.04. The van der Waals surface area contributed by atoms with Gasteiger partial charge in [-0.1, -0.05) is 6.92 Å². The molecule has 0 bridgehead atoms. The van der Waals surface area contributed by atoms with Gasteiger partial charge in [0.2, 0.25) is 11.8 Å². The average Bonchev–Trinajstić information content (AvgIpc) is 2.50. The average molecular weight is 126 g/mol. The van der Waals surface area contributed by atoms with Crippen LogP contribution in [0.2, 0.25) is 1.41 Å². The Labute approximate surface area is 53.9 Å². The molecular weight excluding hydrogens is 118 g/mol. The van der Waals surface area contributed by atoms with Crippen LogP contribution in [-0.4, -0.2) is 11.8 Å². The summed E-state index contributed by atoms with van der Waals surface area (Å²) in [4.78, 5) is 21.8. The second-order valence-corrected chi connectivity index (χ2v) is 2.70. The van der Waals surface area contributed by atoms with E-state index < -0.39 is 0 Å². The van der Waals surface area contributed by atoms with E-state index in [0.29, 0.717) is 5.31 Å². The van der Waals surface area contributed by atoms with E-state index in [2.05, 4.69) is 0 Å². The van der Waals surface area contributed by atoms with Crippen LogP contribution in [0.4, 0.5) is 0 Å². The number of fused-ring (bicyclic) bond motifs is 1. The number of piperidine rings is 1. The van der Waals surface area contributed by atoms with E-state index >= 15 is 0 Å². The molecule has 1 aliphatic carbocycles. The van der Waals surface area contributed by atoms with Gasteiger partial charge in [0.15, 0.2) is 1.41 Å². The third-order valence-corrected chi connectivity index (χ3v) is 2.17. The Balaban J connectivity index is 2.30. The molecule has 2 aliphatic rings. The van der Waals surface area contributed by atoms with Crippen LogP contribution in [0.25, 0.3) is 0 Å². The van der Waals surface area contributed by atoms with Gasteiger partial charge in [-0.2, -0.15) is 0 Å². The Morgan fingerprint density at radius 2 is 1.89 bits per heavy atom. The van der Waals surface area contributed by atoms with Gasteiger partial charge >= 0.3 is 0 Å². The van der Waals surface area contributed by atoms with Gasteiger partial charge in [-0.05, 0) is 5.92 Å². The lowest BCUT2D eigenvalue weighted by atomic mass is 10.3. The van der Waals surface area contributed by atoms with E-state index in [1.165, 1.54) is 0 Å². The van der Waals surface area contributed by atoms with Gasteiger partial charge in [0, 0.05) is 0 Å². The van der Waals surface area contributed by atoms with Crippen molar-refractivity contribution in [1.82, 2.24) is 5.31 Å². The van der Waals surface area contributed by atoms with Gasteiger partial charge in [0.1, 0.15) is 0 Å². The molecule has 3 heteroatoms. The van der Waals surface area contributed by atoms with Crippen molar-refractivity contribution in [2.45, 2.75) is 6.92 Å². The zero-order valence-corrected chi connectivity index (χ0v) is 5.00. The smallest absolute Gasteiger partial charge is 0.230 e. The first-order valence-electron chi connectivity index (χ1n) is 3.46. The molecular formula is C6H7NO2. The van der Waals surface area contributed by atoms with Crippen molar-refractivity contribution < 1.29 is 11.0 Å². The monoisotopic (exact) mass is 126 g/mol. The highest BCUT2D eigenvalue weighted by Gasteiger charge is 2.61. The van der Waals surface area contributed by atoms with E-state index in [1.807, 2.05) is 6.92 Å². The predicted molar refractivity (Wildman–Crippen MR) is 29.3 cm³/mol. The van der Waals surface area contributed by atoms with E-state index in [4.69, 9.17) is 1.41 Å². The number of hydrogen-bond acceptors (Lipinski definition) is 2. The Morgan fingerprint density at radius 3 is 2.22 bits per heavy atom. The number of nitrogens with one attached hydrogen (secondary N) is 1. The van der Waals surface area contributed by atoms with Crippen LogP contribution in [0.1, 0.15) is 6.92 Å². The maximum Gasteiger partial charge on any atom is 0.230 e. The number of rotatable bonds is 0. The van der Waals surface area contributed by atoms with Gasteiger partial charge in [-0.15, -0.1) is 0 Å². The molecule has 0 radical (unpaired) electrons. The summed E-state index contributed by atoms with van der Waals surface area (Å²) in [6.07, 6.45) is 0. The van der Waals surface area contributed by atoms with Crippen molar-refractivity contribution in [1.29, 1.82) is 0 Å². The zero-order chi connectivity index (χ0) is 7.46. The Hall–Kier alpha value is -0.860. The summed E-state index contributed by atoms with van der Waals surface area (Å²) in [5, 5.41) is 0.495. The van der Waals surface area contributed by atoms with Gasteiger partial charge in [-0.3, -0.25) is 14.9 Å². The first-order valence-corrected chi connectivity index (χ1v) is 3.01. The highest BCUT2D eigenvalue weighted by atomic mass is 16.2. The largest absolute Gasteiger partial charge is 0.296 e. The van der Waals surface area contributed by atoms with Crippen LogP contribution in [-0.2, 0) is 9.59 Å². The van der Waals surface area contributed by atoms with Crippen molar-refractivity contribution in [3.63, 3.8) is 0 Å². The molecule has 0 unspecified atom stereocenters. The van der Waals surface area contributed by atoms with Gasteiger partial charge in [0.05, 0.1) is 11.8 Å². The molecule has 2 amide bonds. The highest BCUT2D eigenvalue weighted by molar-refractivity contribution is 6.09. The number of carbonyl (C=O) groups excluding carboxylic acids is 2. The van der Waals surface area contributed by atoms with Gasteiger partial charge in [-0.25, -0.2) is 0 Å². The molecule has 9 heavy (non-hydrogen) atoms. The molecule has 2 fully saturated rings. The molecule has 2 rings (SSSR count). The minimum atomic E-state index is -0.317. The van der Waals surface area contributed by atoms with Gasteiger partial charge in [0.25, 0.3) is 0 Å². The summed E-state index contributed by atoms with van der Waals surface area (Å²) in [6.45, 7) is 1.87.